The lowest BCUT2D eigenvalue weighted by molar-refractivity contribution is 0.0777. The van der Waals surface area contributed by atoms with Crippen LogP contribution in [0.2, 0.25) is 0 Å². The molecule has 0 spiro atoms. The molecule has 29 heavy (non-hydrogen) atoms. The molecular formula is C24H41ClN2O2. The summed E-state index contributed by atoms with van der Waals surface area (Å²) in [5, 5.41) is 9.48. The van der Waals surface area contributed by atoms with Crippen molar-refractivity contribution in [3.8, 4) is 0 Å². The molecule has 4 nitrogen and oxygen atoms in total. The van der Waals surface area contributed by atoms with Gasteiger partial charge in [-0.25, -0.2) is 4.79 Å². The minimum Gasteiger partial charge on any atom is -0.465 e. The number of halogens is 1. The summed E-state index contributed by atoms with van der Waals surface area (Å²) >= 11 is 0. The van der Waals surface area contributed by atoms with E-state index in [1.807, 2.05) is 30.3 Å². The van der Waals surface area contributed by atoms with Crippen LogP contribution in [-0.2, 0) is 6.54 Å². The molecule has 0 radical (unpaired) electrons. The second-order valence-corrected chi connectivity index (χ2v) is 10.3. The van der Waals surface area contributed by atoms with Crippen LogP contribution in [0.5, 0.6) is 0 Å². The normalized spacial score (nSPS) is 25.0. The topological polar surface area (TPSA) is 66.6 Å². The van der Waals surface area contributed by atoms with Crippen molar-refractivity contribution >= 4 is 18.5 Å². The maximum Gasteiger partial charge on any atom is 0.407 e. The van der Waals surface area contributed by atoms with Crippen molar-refractivity contribution in [3.63, 3.8) is 0 Å². The Morgan fingerprint density at radius 1 is 1.03 bits per heavy atom. The number of carboxylic acid groups (broad SMARTS) is 1. The van der Waals surface area contributed by atoms with Gasteiger partial charge >= 0.3 is 6.09 Å². The summed E-state index contributed by atoms with van der Waals surface area (Å²) in [6.45, 7) is 9.60. The molecule has 166 valence electrons. The molecule has 2 fully saturated rings. The summed E-state index contributed by atoms with van der Waals surface area (Å²) in [5.41, 5.74) is 7.66. The molecule has 0 saturated heterocycles. The summed E-state index contributed by atoms with van der Waals surface area (Å²) in [6.07, 6.45) is 8.62. The van der Waals surface area contributed by atoms with Crippen molar-refractivity contribution in [2.24, 2.45) is 16.6 Å². The third-order valence-electron chi connectivity index (χ3n) is 6.30. The SMILES string of the molecule is CC1(C)CCC[C@H](N(Cc2ccccc2)C(=O)O)C1.CC1(C)CCC[C@H](N)C1.Cl. The fraction of sp³-hybridized carbons (Fsp3) is 0.708. The first-order chi connectivity index (χ1) is 13.1. The van der Waals surface area contributed by atoms with Crippen molar-refractivity contribution in [1.82, 2.24) is 4.90 Å². The molecule has 0 bridgehead atoms. The van der Waals surface area contributed by atoms with Crippen molar-refractivity contribution < 1.29 is 9.90 Å². The first-order valence-electron chi connectivity index (χ1n) is 10.9. The maximum absolute atomic E-state index is 11.5. The molecule has 0 aromatic heterocycles. The van der Waals surface area contributed by atoms with Gasteiger partial charge in [0.15, 0.2) is 0 Å². The Morgan fingerprint density at radius 3 is 2.03 bits per heavy atom. The van der Waals surface area contributed by atoms with Crippen LogP contribution in [0.25, 0.3) is 0 Å². The third kappa shape index (κ3) is 8.96. The number of rotatable bonds is 3. The Hall–Kier alpha value is -1.26. The van der Waals surface area contributed by atoms with Crippen molar-refractivity contribution in [3.05, 3.63) is 35.9 Å². The molecule has 5 heteroatoms. The van der Waals surface area contributed by atoms with Gasteiger partial charge in [-0.05, 0) is 54.9 Å². The van der Waals surface area contributed by atoms with Crippen LogP contribution in [-0.4, -0.2) is 28.2 Å². The van der Waals surface area contributed by atoms with Crippen LogP contribution < -0.4 is 5.73 Å². The molecule has 1 amide bonds. The molecule has 2 aliphatic carbocycles. The summed E-state index contributed by atoms with van der Waals surface area (Å²) in [7, 11) is 0. The third-order valence-corrected chi connectivity index (χ3v) is 6.30. The zero-order valence-corrected chi connectivity index (χ0v) is 19.5. The van der Waals surface area contributed by atoms with E-state index in [2.05, 4.69) is 27.7 Å². The monoisotopic (exact) mass is 424 g/mol. The lowest BCUT2D eigenvalue weighted by atomic mass is 9.74. The lowest BCUT2D eigenvalue weighted by Gasteiger charge is -2.40. The first kappa shape index (κ1) is 25.8. The molecule has 1 aromatic carbocycles. The van der Waals surface area contributed by atoms with E-state index in [1.165, 1.54) is 32.1 Å². The second-order valence-electron chi connectivity index (χ2n) is 10.3. The van der Waals surface area contributed by atoms with Gasteiger partial charge in [-0.15, -0.1) is 12.4 Å². The van der Waals surface area contributed by atoms with Gasteiger partial charge < -0.3 is 15.7 Å². The van der Waals surface area contributed by atoms with Crippen LogP contribution in [0.4, 0.5) is 4.79 Å². The molecule has 3 N–H and O–H groups in total. The van der Waals surface area contributed by atoms with E-state index in [1.54, 1.807) is 4.90 Å². The summed E-state index contributed by atoms with van der Waals surface area (Å²) < 4.78 is 0. The Balaban J connectivity index is 0.000000355. The van der Waals surface area contributed by atoms with E-state index in [4.69, 9.17) is 5.73 Å². The highest BCUT2D eigenvalue weighted by Gasteiger charge is 2.33. The van der Waals surface area contributed by atoms with Crippen molar-refractivity contribution in [2.45, 2.75) is 97.7 Å². The van der Waals surface area contributed by atoms with Crippen LogP contribution in [0, 0.1) is 10.8 Å². The number of amides is 1. The number of hydrogen-bond donors (Lipinski definition) is 2. The minimum atomic E-state index is -0.799. The summed E-state index contributed by atoms with van der Waals surface area (Å²) in [4.78, 5) is 13.2. The van der Waals surface area contributed by atoms with Crippen molar-refractivity contribution in [2.75, 3.05) is 0 Å². The molecule has 0 unspecified atom stereocenters. The van der Waals surface area contributed by atoms with Gasteiger partial charge in [0, 0.05) is 18.6 Å². The molecule has 2 atom stereocenters. The lowest BCUT2D eigenvalue weighted by Crippen LogP contribution is -2.43. The Morgan fingerprint density at radius 2 is 1.59 bits per heavy atom. The van der Waals surface area contributed by atoms with Gasteiger partial charge in [0.25, 0.3) is 0 Å². The number of nitrogens with two attached hydrogens (primary N) is 1. The number of carbonyl (C=O) groups is 1. The predicted molar refractivity (Wildman–Crippen MR) is 124 cm³/mol. The van der Waals surface area contributed by atoms with E-state index >= 15 is 0 Å². The molecule has 2 aliphatic rings. The number of nitrogens with zero attached hydrogens (tertiary/aromatic N) is 1. The van der Waals surface area contributed by atoms with Crippen molar-refractivity contribution in [1.29, 1.82) is 0 Å². The number of benzene rings is 1. The fourth-order valence-corrected chi connectivity index (χ4v) is 4.81. The average Bonchev–Trinajstić information content (AvgIpc) is 2.59. The zero-order valence-electron chi connectivity index (χ0n) is 18.7. The summed E-state index contributed by atoms with van der Waals surface area (Å²) in [6, 6.07) is 10.5. The quantitative estimate of drug-likeness (QED) is 0.584. The zero-order chi connectivity index (χ0) is 20.8. The van der Waals surface area contributed by atoms with Crippen LogP contribution in [0.15, 0.2) is 30.3 Å². The van der Waals surface area contributed by atoms with Gasteiger partial charge in [0.2, 0.25) is 0 Å². The highest BCUT2D eigenvalue weighted by molar-refractivity contribution is 5.85. The van der Waals surface area contributed by atoms with Crippen LogP contribution >= 0.6 is 12.4 Å². The Labute approximate surface area is 183 Å². The average molecular weight is 425 g/mol. The van der Waals surface area contributed by atoms with E-state index in [-0.39, 0.29) is 23.9 Å². The predicted octanol–water partition coefficient (Wildman–Crippen LogP) is 6.47. The molecule has 1 aromatic rings. The summed E-state index contributed by atoms with van der Waals surface area (Å²) in [5.74, 6) is 0. The van der Waals surface area contributed by atoms with Gasteiger partial charge in [0.1, 0.15) is 0 Å². The second kappa shape index (κ2) is 11.2. The Kier molecular flexibility index (Phi) is 9.97. The van der Waals surface area contributed by atoms with Gasteiger partial charge in [0.05, 0.1) is 0 Å². The van der Waals surface area contributed by atoms with E-state index in [0.29, 0.717) is 18.0 Å². The first-order valence-corrected chi connectivity index (χ1v) is 10.9. The number of hydrogen-bond acceptors (Lipinski definition) is 2. The maximum atomic E-state index is 11.5. The standard InChI is InChI=1S/C16H23NO2.C8H17N.ClH/c1-16(2)10-6-9-14(11-16)17(15(18)19)12-13-7-4-3-5-8-13;1-8(2)5-3-4-7(9)6-8;/h3-5,7-8,14H,6,9-12H2,1-2H3,(H,18,19);7H,3-6,9H2,1-2H3;1H/t14-;7-;/m00./s1. The molecule has 0 aliphatic heterocycles. The van der Waals surface area contributed by atoms with Gasteiger partial charge in [-0.1, -0.05) is 70.9 Å². The smallest absolute Gasteiger partial charge is 0.407 e. The van der Waals surface area contributed by atoms with Gasteiger partial charge in [-0.3, -0.25) is 0 Å². The largest absolute Gasteiger partial charge is 0.465 e. The highest BCUT2D eigenvalue weighted by atomic mass is 35.5. The molecule has 3 rings (SSSR count). The minimum absolute atomic E-state index is 0. The van der Waals surface area contributed by atoms with E-state index in [0.717, 1.165) is 24.8 Å². The Bertz CT molecular complexity index is 619. The van der Waals surface area contributed by atoms with E-state index < -0.39 is 6.09 Å². The van der Waals surface area contributed by atoms with E-state index in [9.17, 15) is 9.90 Å². The fourth-order valence-electron chi connectivity index (χ4n) is 4.81. The highest BCUT2D eigenvalue weighted by Crippen LogP contribution is 2.37. The van der Waals surface area contributed by atoms with Crippen LogP contribution in [0.1, 0.15) is 84.6 Å². The van der Waals surface area contributed by atoms with Crippen LogP contribution in [0.3, 0.4) is 0 Å². The molecule has 0 heterocycles. The molecular weight excluding hydrogens is 384 g/mol. The molecule has 2 saturated carbocycles. The van der Waals surface area contributed by atoms with Gasteiger partial charge in [-0.2, -0.15) is 0 Å².